The number of hydrogen-bond acceptors (Lipinski definition) is 6. The lowest BCUT2D eigenvalue weighted by atomic mass is 10.0. The lowest BCUT2D eigenvalue weighted by molar-refractivity contribution is -0.128. The Labute approximate surface area is 169 Å². The second kappa shape index (κ2) is 8.28. The van der Waals surface area contributed by atoms with Crippen LogP contribution in [0.25, 0.3) is 22.0 Å². The van der Waals surface area contributed by atoms with E-state index in [1.54, 1.807) is 0 Å². The number of carbonyl (C=O) groups excluding carboxylic acids is 1. The summed E-state index contributed by atoms with van der Waals surface area (Å²) in [6.07, 6.45) is 1.73. The molecular weight excluding hydrogens is 420 g/mol. The molecule has 1 unspecified atom stereocenters. The molecule has 1 atom stereocenters. The molecule has 3 rings (SSSR count). The van der Waals surface area contributed by atoms with E-state index < -0.39 is 38.2 Å². The number of rotatable bonds is 6. The van der Waals surface area contributed by atoms with Crippen LogP contribution in [0.3, 0.4) is 0 Å². The van der Waals surface area contributed by atoms with Gasteiger partial charge in [-0.1, -0.05) is 12.1 Å². The van der Waals surface area contributed by atoms with Gasteiger partial charge in [-0.05, 0) is 36.2 Å². The minimum atomic E-state index is -3.83. The molecule has 0 aliphatic rings. The lowest BCUT2D eigenvalue weighted by Gasteiger charge is -2.14. The molecule has 0 fully saturated rings. The van der Waals surface area contributed by atoms with Crippen molar-refractivity contribution in [2.75, 3.05) is 6.26 Å². The van der Waals surface area contributed by atoms with Crippen molar-refractivity contribution >= 4 is 26.6 Å². The predicted molar refractivity (Wildman–Crippen MR) is 105 cm³/mol. The van der Waals surface area contributed by atoms with Gasteiger partial charge in [-0.2, -0.15) is 0 Å². The van der Waals surface area contributed by atoms with Crippen LogP contribution in [0.15, 0.2) is 47.5 Å². The van der Waals surface area contributed by atoms with Gasteiger partial charge in [-0.15, -0.1) is 0 Å². The molecule has 0 saturated heterocycles. The molecule has 0 radical (unpaired) electrons. The molecular formula is C19H17F2N3O5S. The summed E-state index contributed by atoms with van der Waals surface area (Å²) in [5.41, 5.74) is 0.951. The molecule has 2 N–H and O–H groups in total. The third-order valence-corrected chi connectivity index (χ3v) is 6.11. The highest BCUT2D eigenvalue weighted by Crippen LogP contribution is 2.27. The molecule has 1 heterocycles. The highest BCUT2D eigenvalue weighted by atomic mass is 32.2. The van der Waals surface area contributed by atoms with Gasteiger partial charge in [0.05, 0.1) is 22.8 Å². The highest BCUT2D eigenvalue weighted by molar-refractivity contribution is 7.92. The van der Waals surface area contributed by atoms with Crippen molar-refractivity contribution in [3.63, 3.8) is 0 Å². The van der Waals surface area contributed by atoms with Crippen molar-refractivity contribution < 1.29 is 27.2 Å². The summed E-state index contributed by atoms with van der Waals surface area (Å²) in [4.78, 5) is 28.4. The van der Waals surface area contributed by atoms with Crippen LogP contribution >= 0.6 is 0 Å². The normalized spacial score (nSPS) is 12.7. The van der Waals surface area contributed by atoms with Crippen LogP contribution in [0.4, 0.5) is 8.78 Å². The summed E-state index contributed by atoms with van der Waals surface area (Å²) >= 11 is 0. The first kappa shape index (κ1) is 21.5. The van der Waals surface area contributed by atoms with Crippen LogP contribution in [-0.4, -0.2) is 40.6 Å². The Kier molecular flexibility index (Phi) is 5.94. The minimum Gasteiger partial charge on any atom is -0.299 e. The van der Waals surface area contributed by atoms with E-state index in [9.17, 15) is 26.8 Å². The first-order chi connectivity index (χ1) is 14.1. The van der Waals surface area contributed by atoms with Gasteiger partial charge in [0.25, 0.3) is 11.5 Å². The molecule has 0 saturated carbocycles. The van der Waals surface area contributed by atoms with Gasteiger partial charge in [0.1, 0.15) is 16.9 Å². The topological polar surface area (TPSA) is 118 Å². The van der Waals surface area contributed by atoms with E-state index in [1.807, 2.05) is 0 Å². The maximum Gasteiger partial charge on any atom is 0.261 e. The fraction of sp³-hybridized carbons (Fsp3) is 0.211. The molecule has 158 valence electrons. The van der Waals surface area contributed by atoms with E-state index in [0.29, 0.717) is 0 Å². The fourth-order valence-corrected chi connectivity index (χ4v) is 4.09. The average Bonchev–Trinajstić information content (AvgIpc) is 2.68. The van der Waals surface area contributed by atoms with Gasteiger partial charge in [-0.3, -0.25) is 19.4 Å². The summed E-state index contributed by atoms with van der Waals surface area (Å²) in [6, 6.07) is 7.62. The Hall–Kier alpha value is -3.18. The maximum atomic E-state index is 14.0. The van der Waals surface area contributed by atoms with Crippen LogP contribution in [0.2, 0.25) is 0 Å². The Balaban J connectivity index is 1.96. The molecule has 11 heteroatoms. The van der Waals surface area contributed by atoms with Crippen LogP contribution in [0.5, 0.6) is 0 Å². The number of halogens is 2. The third kappa shape index (κ3) is 4.21. The number of nitrogens with zero attached hydrogens (tertiary/aromatic N) is 2. The number of nitrogens with one attached hydrogen (secondary N) is 1. The second-order valence-electron chi connectivity index (χ2n) is 6.65. The highest BCUT2D eigenvalue weighted by Gasteiger charge is 2.28. The number of sulfone groups is 1. The van der Waals surface area contributed by atoms with Crippen molar-refractivity contribution in [3.05, 3.63) is 64.7 Å². The molecule has 30 heavy (non-hydrogen) atoms. The quantitative estimate of drug-likeness (QED) is 0.447. The average molecular weight is 437 g/mol. The molecule has 0 spiro atoms. The van der Waals surface area contributed by atoms with E-state index in [2.05, 4.69) is 4.98 Å². The smallest absolute Gasteiger partial charge is 0.261 e. The van der Waals surface area contributed by atoms with Gasteiger partial charge >= 0.3 is 0 Å². The summed E-state index contributed by atoms with van der Waals surface area (Å²) in [7, 11) is -3.83. The Bertz CT molecular complexity index is 1270. The second-order valence-corrected chi connectivity index (χ2v) is 8.88. The van der Waals surface area contributed by atoms with E-state index in [4.69, 9.17) is 5.21 Å². The summed E-state index contributed by atoms with van der Waals surface area (Å²) in [5.74, 6) is -2.61. The molecule has 1 aromatic heterocycles. The van der Waals surface area contributed by atoms with Crippen molar-refractivity contribution in [1.29, 1.82) is 0 Å². The van der Waals surface area contributed by atoms with Crippen LogP contribution in [0.1, 0.15) is 6.42 Å². The fourth-order valence-electron chi connectivity index (χ4n) is 3.11. The van der Waals surface area contributed by atoms with Crippen molar-refractivity contribution in [2.24, 2.45) is 0 Å². The number of aryl methyl sites for hydroxylation is 1. The number of carbonyl (C=O) groups is 1. The lowest BCUT2D eigenvalue weighted by Crippen LogP contribution is -2.39. The van der Waals surface area contributed by atoms with Gasteiger partial charge < -0.3 is 0 Å². The zero-order valence-corrected chi connectivity index (χ0v) is 16.5. The van der Waals surface area contributed by atoms with Crippen molar-refractivity contribution in [3.8, 4) is 11.1 Å². The van der Waals surface area contributed by atoms with E-state index in [1.165, 1.54) is 29.7 Å². The third-order valence-electron chi connectivity index (χ3n) is 4.63. The minimum absolute atomic E-state index is 0.153. The number of benzene rings is 2. The van der Waals surface area contributed by atoms with Crippen molar-refractivity contribution in [1.82, 2.24) is 15.0 Å². The molecule has 0 bridgehead atoms. The van der Waals surface area contributed by atoms with E-state index in [-0.39, 0.29) is 35.0 Å². The van der Waals surface area contributed by atoms with Gasteiger partial charge in [0.15, 0.2) is 9.84 Å². The standard InChI is InChI=1S/C19H17F2N3O5S/c1-30(28,29)16(18(25)23-27)7-8-24-10-22-15-9-11(5-6-12(15)19(24)26)17-13(20)3-2-4-14(17)21/h2-6,9-10,16,27H,7-8H2,1H3,(H,23,25). The summed E-state index contributed by atoms with van der Waals surface area (Å²) < 4.78 is 52.6. The monoisotopic (exact) mass is 437 g/mol. The molecule has 8 nitrogen and oxygen atoms in total. The Morgan fingerprint density at radius 3 is 2.50 bits per heavy atom. The first-order valence-corrected chi connectivity index (χ1v) is 10.7. The summed E-state index contributed by atoms with van der Waals surface area (Å²) in [6.45, 7) is -0.156. The zero-order valence-electron chi connectivity index (χ0n) is 15.7. The Morgan fingerprint density at radius 2 is 1.90 bits per heavy atom. The van der Waals surface area contributed by atoms with Crippen LogP contribution in [0, 0.1) is 11.6 Å². The SMILES string of the molecule is CS(=O)(=O)C(CCn1cnc2cc(-c3c(F)cccc3F)ccc2c1=O)C(=O)NO. The molecule has 0 aliphatic heterocycles. The van der Waals surface area contributed by atoms with Gasteiger partial charge in [0, 0.05) is 12.8 Å². The number of hydrogen-bond donors (Lipinski definition) is 2. The predicted octanol–water partition coefficient (Wildman–Crippen LogP) is 1.65. The molecule has 3 aromatic rings. The van der Waals surface area contributed by atoms with E-state index in [0.717, 1.165) is 29.3 Å². The van der Waals surface area contributed by atoms with Crippen LogP contribution < -0.4 is 11.0 Å². The van der Waals surface area contributed by atoms with Gasteiger partial charge in [-0.25, -0.2) is 27.7 Å². The van der Waals surface area contributed by atoms with E-state index >= 15 is 0 Å². The van der Waals surface area contributed by atoms with Crippen LogP contribution in [-0.2, 0) is 21.2 Å². The maximum absolute atomic E-state index is 14.0. The number of aromatic nitrogens is 2. The van der Waals surface area contributed by atoms with Crippen molar-refractivity contribution in [2.45, 2.75) is 18.2 Å². The molecule has 2 aromatic carbocycles. The van der Waals surface area contributed by atoms with Gasteiger partial charge in [0.2, 0.25) is 0 Å². The number of fused-ring (bicyclic) bond motifs is 1. The first-order valence-electron chi connectivity index (χ1n) is 8.70. The zero-order chi connectivity index (χ0) is 22.1. The summed E-state index contributed by atoms with van der Waals surface area (Å²) in [5, 5.41) is 7.33. The molecule has 0 aliphatic carbocycles. The molecule has 1 amide bonds. The Morgan fingerprint density at radius 1 is 1.23 bits per heavy atom. The largest absolute Gasteiger partial charge is 0.299 e. The number of hydroxylamine groups is 1. The number of amides is 1.